The lowest BCUT2D eigenvalue weighted by molar-refractivity contribution is 0.113. The standard InChI is InChI=1S/C9H17BrN2O/c1-8(2)12(5-3-4-11)7-9(13)6-10/h8-9,13H,3,5-7H2,1-2H3. The summed E-state index contributed by atoms with van der Waals surface area (Å²) in [6, 6.07) is 2.49. The van der Waals surface area contributed by atoms with Gasteiger partial charge in [0.15, 0.2) is 0 Å². The predicted octanol–water partition coefficient (Wildman–Crippen LogP) is 1.37. The van der Waals surface area contributed by atoms with Crippen molar-refractivity contribution in [3.8, 4) is 6.07 Å². The topological polar surface area (TPSA) is 47.3 Å². The summed E-state index contributed by atoms with van der Waals surface area (Å²) >= 11 is 3.22. The molecule has 0 bridgehead atoms. The first-order valence-corrected chi connectivity index (χ1v) is 5.59. The molecule has 0 amide bonds. The lowest BCUT2D eigenvalue weighted by Gasteiger charge is -2.27. The maximum Gasteiger partial charge on any atom is 0.0763 e. The van der Waals surface area contributed by atoms with Crippen molar-refractivity contribution in [2.75, 3.05) is 18.4 Å². The quantitative estimate of drug-likeness (QED) is 0.723. The van der Waals surface area contributed by atoms with Gasteiger partial charge in [-0.1, -0.05) is 15.9 Å². The molecule has 0 radical (unpaired) electrons. The summed E-state index contributed by atoms with van der Waals surface area (Å²) in [4.78, 5) is 2.11. The maximum absolute atomic E-state index is 9.41. The Hall–Kier alpha value is -0.110. The smallest absolute Gasteiger partial charge is 0.0763 e. The Kier molecular flexibility index (Phi) is 7.25. The van der Waals surface area contributed by atoms with Gasteiger partial charge < -0.3 is 5.11 Å². The third-order valence-corrected chi connectivity index (χ3v) is 2.61. The highest BCUT2D eigenvalue weighted by atomic mass is 79.9. The molecule has 1 unspecified atom stereocenters. The van der Waals surface area contributed by atoms with E-state index < -0.39 is 0 Å². The van der Waals surface area contributed by atoms with Gasteiger partial charge >= 0.3 is 0 Å². The number of nitrogens with zero attached hydrogens (tertiary/aromatic N) is 2. The molecule has 0 saturated carbocycles. The zero-order valence-electron chi connectivity index (χ0n) is 8.20. The van der Waals surface area contributed by atoms with Crippen LogP contribution in [0, 0.1) is 11.3 Å². The second-order valence-corrected chi connectivity index (χ2v) is 3.95. The summed E-state index contributed by atoms with van der Waals surface area (Å²) in [5.74, 6) is 0. The monoisotopic (exact) mass is 248 g/mol. The molecule has 0 saturated heterocycles. The van der Waals surface area contributed by atoms with Gasteiger partial charge in [0.05, 0.1) is 12.2 Å². The lowest BCUT2D eigenvalue weighted by Crippen LogP contribution is -2.38. The van der Waals surface area contributed by atoms with E-state index in [0.717, 1.165) is 6.54 Å². The fourth-order valence-corrected chi connectivity index (χ4v) is 1.28. The van der Waals surface area contributed by atoms with Crippen LogP contribution < -0.4 is 0 Å². The highest BCUT2D eigenvalue weighted by molar-refractivity contribution is 9.09. The summed E-state index contributed by atoms with van der Waals surface area (Å²) < 4.78 is 0. The van der Waals surface area contributed by atoms with Crippen LogP contribution in [0.2, 0.25) is 0 Å². The minimum absolute atomic E-state index is 0.346. The van der Waals surface area contributed by atoms with Crippen molar-refractivity contribution in [3.05, 3.63) is 0 Å². The summed E-state index contributed by atoms with van der Waals surface area (Å²) in [5, 5.41) is 18.4. The predicted molar refractivity (Wildman–Crippen MR) is 56.7 cm³/mol. The van der Waals surface area contributed by atoms with E-state index in [1.165, 1.54) is 0 Å². The maximum atomic E-state index is 9.41. The number of halogens is 1. The van der Waals surface area contributed by atoms with E-state index >= 15 is 0 Å². The molecule has 1 atom stereocenters. The molecular formula is C9H17BrN2O. The third-order valence-electron chi connectivity index (χ3n) is 1.86. The zero-order valence-corrected chi connectivity index (χ0v) is 9.79. The normalized spacial score (nSPS) is 13.3. The molecule has 13 heavy (non-hydrogen) atoms. The number of hydrogen-bond acceptors (Lipinski definition) is 3. The number of hydrogen-bond donors (Lipinski definition) is 1. The number of aliphatic hydroxyl groups excluding tert-OH is 1. The molecule has 0 heterocycles. The number of alkyl halides is 1. The number of aliphatic hydroxyl groups is 1. The molecule has 0 spiro atoms. The van der Waals surface area contributed by atoms with E-state index in [1.807, 2.05) is 0 Å². The molecule has 0 aliphatic rings. The van der Waals surface area contributed by atoms with Crippen LogP contribution in [0.25, 0.3) is 0 Å². The van der Waals surface area contributed by atoms with Crippen molar-refractivity contribution >= 4 is 15.9 Å². The lowest BCUT2D eigenvalue weighted by atomic mass is 10.2. The Morgan fingerprint density at radius 3 is 2.54 bits per heavy atom. The molecule has 0 aliphatic heterocycles. The molecule has 76 valence electrons. The van der Waals surface area contributed by atoms with Gasteiger partial charge in [0.2, 0.25) is 0 Å². The van der Waals surface area contributed by atoms with E-state index in [-0.39, 0.29) is 6.10 Å². The summed E-state index contributed by atoms with van der Waals surface area (Å²) in [6.07, 6.45) is 0.175. The fourth-order valence-electron chi connectivity index (χ4n) is 1.07. The second kappa shape index (κ2) is 7.31. The Labute approximate surface area is 88.5 Å². The first-order valence-electron chi connectivity index (χ1n) is 4.46. The first kappa shape index (κ1) is 12.9. The van der Waals surface area contributed by atoms with Crippen LogP contribution in [0.15, 0.2) is 0 Å². The van der Waals surface area contributed by atoms with Crippen LogP contribution >= 0.6 is 15.9 Å². The van der Waals surface area contributed by atoms with Gasteiger partial charge in [0.25, 0.3) is 0 Å². The molecule has 1 N–H and O–H groups in total. The van der Waals surface area contributed by atoms with Crippen LogP contribution in [-0.2, 0) is 0 Å². The van der Waals surface area contributed by atoms with E-state index in [1.54, 1.807) is 0 Å². The van der Waals surface area contributed by atoms with Gasteiger partial charge in [-0.2, -0.15) is 5.26 Å². The van der Waals surface area contributed by atoms with E-state index in [9.17, 15) is 5.11 Å². The van der Waals surface area contributed by atoms with Crippen molar-refractivity contribution in [2.45, 2.75) is 32.4 Å². The molecular weight excluding hydrogens is 232 g/mol. The van der Waals surface area contributed by atoms with Gasteiger partial charge in [-0.3, -0.25) is 4.90 Å². The largest absolute Gasteiger partial charge is 0.391 e. The van der Waals surface area contributed by atoms with Gasteiger partial charge in [-0.25, -0.2) is 0 Å². The highest BCUT2D eigenvalue weighted by Gasteiger charge is 2.12. The number of rotatable bonds is 6. The average Bonchev–Trinajstić information content (AvgIpc) is 2.11. The van der Waals surface area contributed by atoms with Crippen LogP contribution in [0.4, 0.5) is 0 Å². The Balaban J connectivity index is 3.88. The summed E-state index contributed by atoms with van der Waals surface area (Å²) in [7, 11) is 0. The SMILES string of the molecule is CC(C)N(CCC#N)CC(O)CBr. The Morgan fingerprint density at radius 2 is 2.15 bits per heavy atom. The first-order chi connectivity index (χ1) is 6.11. The van der Waals surface area contributed by atoms with E-state index in [0.29, 0.717) is 24.3 Å². The molecule has 0 aliphatic carbocycles. The molecule has 4 heteroatoms. The minimum Gasteiger partial charge on any atom is -0.391 e. The molecule has 0 aromatic carbocycles. The second-order valence-electron chi connectivity index (χ2n) is 3.30. The van der Waals surface area contributed by atoms with E-state index in [4.69, 9.17) is 5.26 Å². The van der Waals surface area contributed by atoms with Crippen molar-refractivity contribution in [1.29, 1.82) is 5.26 Å². The number of nitriles is 1. The third kappa shape index (κ3) is 6.03. The van der Waals surface area contributed by atoms with Crippen LogP contribution in [0.1, 0.15) is 20.3 Å². The average molecular weight is 249 g/mol. The van der Waals surface area contributed by atoms with Crippen molar-refractivity contribution in [1.82, 2.24) is 4.90 Å². The zero-order chi connectivity index (χ0) is 10.3. The highest BCUT2D eigenvalue weighted by Crippen LogP contribution is 2.02. The molecule has 0 fully saturated rings. The van der Waals surface area contributed by atoms with Gasteiger partial charge in [0, 0.05) is 30.9 Å². The van der Waals surface area contributed by atoms with E-state index in [2.05, 4.69) is 40.7 Å². The summed E-state index contributed by atoms with van der Waals surface area (Å²) in [6.45, 7) is 5.50. The molecule has 0 aromatic rings. The van der Waals surface area contributed by atoms with Gasteiger partial charge in [0.1, 0.15) is 0 Å². The minimum atomic E-state index is -0.346. The van der Waals surface area contributed by atoms with Gasteiger partial charge in [-0.05, 0) is 13.8 Å². The van der Waals surface area contributed by atoms with Crippen LogP contribution in [-0.4, -0.2) is 40.6 Å². The molecule has 0 aromatic heterocycles. The summed E-state index contributed by atoms with van der Waals surface area (Å²) in [5.41, 5.74) is 0. The Morgan fingerprint density at radius 1 is 1.54 bits per heavy atom. The van der Waals surface area contributed by atoms with Crippen LogP contribution in [0.5, 0.6) is 0 Å². The van der Waals surface area contributed by atoms with Crippen molar-refractivity contribution in [3.63, 3.8) is 0 Å². The van der Waals surface area contributed by atoms with Crippen molar-refractivity contribution < 1.29 is 5.11 Å². The van der Waals surface area contributed by atoms with Crippen LogP contribution in [0.3, 0.4) is 0 Å². The molecule has 0 rings (SSSR count). The Bertz CT molecular complexity index is 167. The van der Waals surface area contributed by atoms with Crippen molar-refractivity contribution in [2.24, 2.45) is 0 Å². The fraction of sp³-hybridized carbons (Fsp3) is 0.889. The molecule has 3 nitrogen and oxygen atoms in total. The van der Waals surface area contributed by atoms with Gasteiger partial charge in [-0.15, -0.1) is 0 Å².